The molecule has 0 saturated heterocycles. The van der Waals surface area contributed by atoms with Crippen LogP contribution in [0.4, 0.5) is 0 Å². The Morgan fingerprint density at radius 1 is 1.12 bits per heavy atom. The molecular weight excluding hydrogens is 194 g/mol. The fraction of sp³-hybridized carbons (Fsp3) is 0.467. The van der Waals surface area contributed by atoms with E-state index >= 15 is 0 Å². The van der Waals surface area contributed by atoms with Crippen molar-refractivity contribution in [2.75, 3.05) is 0 Å². The molecule has 3 rings (SSSR count). The fourth-order valence-electron chi connectivity index (χ4n) is 3.40. The van der Waals surface area contributed by atoms with E-state index in [1.54, 1.807) is 11.1 Å². The van der Waals surface area contributed by atoms with Gasteiger partial charge in [-0.05, 0) is 50.2 Å². The summed E-state index contributed by atoms with van der Waals surface area (Å²) in [6, 6.07) is 8.93. The van der Waals surface area contributed by atoms with Crippen LogP contribution in [0.2, 0.25) is 0 Å². The van der Waals surface area contributed by atoms with Gasteiger partial charge in [0.2, 0.25) is 0 Å². The zero-order valence-electron chi connectivity index (χ0n) is 9.92. The second-order valence-electron chi connectivity index (χ2n) is 5.42. The van der Waals surface area contributed by atoms with Crippen molar-refractivity contribution >= 4 is 0 Å². The van der Waals surface area contributed by atoms with E-state index < -0.39 is 0 Å². The normalized spacial score (nSPS) is 28.6. The summed E-state index contributed by atoms with van der Waals surface area (Å²) in [5.74, 6) is 0. The molecule has 2 aliphatic rings. The van der Waals surface area contributed by atoms with Crippen LogP contribution in [0.25, 0.3) is 0 Å². The lowest BCUT2D eigenvalue weighted by Crippen LogP contribution is -2.29. The minimum absolute atomic E-state index is 0.375. The molecule has 1 unspecified atom stereocenters. The van der Waals surface area contributed by atoms with Crippen LogP contribution >= 0.6 is 0 Å². The maximum absolute atomic E-state index is 6.17. The lowest BCUT2D eigenvalue weighted by molar-refractivity contribution is 0.365. The van der Waals surface area contributed by atoms with Gasteiger partial charge < -0.3 is 5.73 Å². The molecule has 0 fully saturated rings. The number of aryl methyl sites for hydroxylation is 1. The average molecular weight is 213 g/mol. The third kappa shape index (κ3) is 1.31. The standard InChI is InChI=1S/C15H19N/c1-11-6-8-15(10-14(11)16)9-7-12-4-2-3-5-13(12)15/h2-5H,6-10,16H2,1H3. The molecule has 2 aliphatic carbocycles. The lowest BCUT2D eigenvalue weighted by atomic mass is 9.70. The molecule has 2 N–H and O–H groups in total. The zero-order chi connectivity index (χ0) is 11.2. The first-order chi connectivity index (χ1) is 7.71. The van der Waals surface area contributed by atoms with Crippen molar-refractivity contribution in [3.63, 3.8) is 0 Å². The first kappa shape index (κ1) is 9.95. The van der Waals surface area contributed by atoms with Gasteiger partial charge in [-0.1, -0.05) is 29.8 Å². The minimum atomic E-state index is 0.375. The van der Waals surface area contributed by atoms with E-state index in [-0.39, 0.29) is 0 Å². The van der Waals surface area contributed by atoms with Crippen molar-refractivity contribution in [3.8, 4) is 0 Å². The molecular formula is C15H19N. The van der Waals surface area contributed by atoms with Crippen LogP contribution in [-0.2, 0) is 11.8 Å². The molecule has 0 aromatic heterocycles. The smallest absolute Gasteiger partial charge is 0.00785 e. The third-order valence-electron chi connectivity index (χ3n) is 4.52. The summed E-state index contributed by atoms with van der Waals surface area (Å²) in [5.41, 5.74) is 12.2. The van der Waals surface area contributed by atoms with Gasteiger partial charge in [-0.2, -0.15) is 0 Å². The number of benzene rings is 1. The largest absolute Gasteiger partial charge is 0.402 e. The van der Waals surface area contributed by atoms with Gasteiger partial charge in [-0.3, -0.25) is 0 Å². The number of nitrogens with two attached hydrogens (primary N) is 1. The molecule has 1 atom stereocenters. The fourth-order valence-corrected chi connectivity index (χ4v) is 3.40. The van der Waals surface area contributed by atoms with Gasteiger partial charge in [0.15, 0.2) is 0 Å². The Kier molecular flexibility index (Phi) is 2.10. The Bertz CT molecular complexity index is 458. The zero-order valence-corrected chi connectivity index (χ0v) is 9.92. The summed E-state index contributed by atoms with van der Waals surface area (Å²) in [6.07, 6.45) is 6.08. The highest BCUT2D eigenvalue weighted by Crippen LogP contribution is 2.49. The number of rotatable bonds is 0. The second kappa shape index (κ2) is 3.38. The SMILES string of the molecule is CC1=C(N)CC2(CC1)CCc1ccccc12. The summed E-state index contributed by atoms with van der Waals surface area (Å²) >= 11 is 0. The van der Waals surface area contributed by atoms with Crippen LogP contribution in [-0.4, -0.2) is 0 Å². The minimum Gasteiger partial charge on any atom is -0.402 e. The lowest BCUT2D eigenvalue weighted by Gasteiger charge is -2.35. The summed E-state index contributed by atoms with van der Waals surface area (Å²) in [7, 11) is 0. The van der Waals surface area contributed by atoms with Crippen molar-refractivity contribution in [1.82, 2.24) is 0 Å². The number of fused-ring (bicyclic) bond motifs is 2. The first-order valence-corrected chi connectivity index (χ1v) is 6.24. The third-order valence-corrected chi connectivity index (χ3v) is 4.52. The maximum Gasteiger partial charge on any atom is 0.00785 e. The molecule has 0 radical (unpaired) electrons. The van der Waals surface area contributed by atoms with E-state index in [2.05, 4.69) is 31.2 Å². The summed E-state index contributed by atoms with van der Waals surface area (Å²) in [6.45, 7) is 2.18. The highest BCUT2D eigenvalue weighted by molar-refractivity contribution is 5.42. The molecule has 1 heteroatoms. The van der Waals surface area contributed by atoms with Gasteiger partial charge in [0, 0.05) is 11.1 Å². The molecule has 1 spiro atoms. The molecule has 1 aromatic carbocycles. The van der Waals surface area contributed by atoms with Crippen molar-refractivity contribution in [2.24, 2.45) is 5.73 Å². The van der Waals surface area contributed by atoms with E-state index in [4.69, 9.17) is 5.73 Å². The predicted molar refractivity (Wildman–Crippen MR) is 67.2 cm³/mol. The molecule has 0 saturated carbocycles. The van der Waals surface area contributed by atoms with E-state index in [1.165, 1.54) is 31.3 Å². The highest BCUT2D eigenvalue weighted by atomic mass is 14.6. The molecule has 1 aromatic rings. The van der Waals surface area contributed by atoms with Crippen molar-refractivity contribution in [2.45, 2.75) is 44.4 Å². The Labute approximate surface area is 97.4 Å². The summed E-state index contributed by atoms with van der Waals surface area (Å²) in [5, 5.41) is 0. The number of hydrogen-bond donors (Lipinski definition) is 1. The van der Waals surface area contributed by atoms with Crippen LogP contribution in [0.15, 0.2) is 35.5 Å². The molecule has 84 valence electrons. The van der Waals surface area contributed by atoms with Crippen molar-refractivity contribution in [3.05, 3.63) is 46.7 Å². The molecule has 1 nitrogen and oxygen atoms in total. The van der Waals surface area contributed by atoms with Gasteiger partial charge >= 0.3 is 0 Å². The van der Waals surface area contributed by atoms with Crippen LogP contribution in [0.1, 0.15) is 43.7 Å². The van der Waals surface area contributed by atoms with E-state index in [0.29, 0.717) is 5.41 Å². The predicted octanol–water partition coefficient (Wildman–Crippen LogP) is 3.29. The molecule has 0 aliphatic heterocycles. The van der Waals surface area contributed by atoms with Crippen LogP contribution in [0.5, 0.6) is 0 Å². The van der Waals surface area contributed by atoms with Crippen LogP contribution in [0, 0.1) is 0 Å². The van der Waals surface area contributed by atoms with Crippen molar-refractivity contribution in [1.29, 1.82) is 0 Å². The van der Waals surface area contributed by atoms with Gasteiger partial charge in [-0.15, -0.1) is 0 Å². The Morgan fingerprint density at radius 2 is 1.88 bits per heavy atom. The maximum atomic E-state index is 6.17. The Balaban J connectivity index is 2.04. The molecule has 0 bridgehead atoms. The topological polar surface area (TPSA) is 26.0 Å². The highest BCUT2D eigenvalue weighted by Gasteiger charge is 2.40. The van der Waals surface area contributed by atoms with Gasteiger partial charge in [-0.25, -0.2) is 0 Å². The number of hydrogen-bond acceptors (Lipinski definition) is 1. The summed E-state index contributed by atoms with van der Waals surface area (Å²) in [4.78, 5) is 0. The van der Waals surface area contributed by atoms with Gasteiger partial charge in [0.25, 0.3) is 0 Å². The molecule has 0 heterocycles. The Hall–Kier alpha value is -1.24. The Morgan fingerprint density at radius 3 is 2.69 bits per heavy atom. The van der Waals surface area contributed by atoms with Crippen molar-refractivity contribution < 1.29 is 0 Å². The first-order valence-electron chi connectivity index (χ1n) is 6.24. The molecule has 16 heavy (non-hydrogen) atoms. The second-order valence-corrected chi connectivity index (χ2v) is 5.42. The monoisotopic (exact) mass is 213 g/mol. The average Bonchev–Trinajstić information content (AvgIpc) is 2.65. The van der Waals surface area contributed by atoms with Gasteiger partial charge in [0.1, 0.15) is 0 Å². The summed E-state index contributed by atoms with van der Waals surface area (Å²) < 4.78 is 0. The van der Waals surface area contributed by atoms with Gasteiger partial charge in [0.05, 0.1) is 0 Å². The van der Waals surface area contributed by atoms with Crippen LogP contribution < -0.4 is 5.73 Å². The van der Waals surface area contributed by atoms with E-state index in [9.17, 15) is 0 Å². The number of allylic oxidation sites excluding steroid dienone is 2. The van der Waals surface area contributed by atoms with Crippen LogP contribution in [0.3, 0.4) is 0 Å². The van der Waals surface area contributed by atoms with E-state index in [0.717, 1.165) is 12.1 Å². The molecule has 0 amide bonds. The van der Waals surface area contributed by atoms with E-state index in [1.807, 2.05) is 0 Å². The quantitative estimate of drug-likeness (QED) is 0.703.